The molecule has 31 heavy (non-hydrogen) atoms. The number of hydrogen-bond donors (Lipinski definition) is 0. The number of nitrogens with zero attached hydrogens (tertiary/aromatic N) is 3. The quantitative estimate of drug-likeness (QED) is 0.398. The molecule has 2 aromatic heterocycles. The first-order chi connectivity index (χ1) is 14.9. The van der Waals surface area contributed by atoms with Crippen molar-refractivity contribution in [1.29, 1.82) is 0 Å². The highest BCUT2D eigenvalue weighted by Gasteiger charge is 2.24. The Hall–Kier alpha value is -3.64. The van der Waals surface area contributed by atoms with E-state index in [4.69, 9.17) is 4.98 Å². The molecule has 5 rings (SSSR count). The van der Waals surface area contributed by atoms with Crippen molar-refractivity contribution in [1.82, 2.24) is 8.96 Å². The van der Waals surface area contributed by atoms with Crippen LogP contribution in [0.2, 0.25) is 0 Å². The zero-order chi connectivity index (χ0) is 21.6. The minimum Gasteiger partial charge on any atom is -0.378 e. The third-order valence-electron chi connectivity index (χ3n) is 5.40. The van der Waals surface area contributed by atoms with Crippen LogP contribution in [0, 0.1) is 0 Å². The van der Waals surface area contributed by atoms with Gasteiger partial charge in [0.2, 0.25) is 0 Å². The van der Waals surface area contributed by atoms with Crippen molar-refractivity contribution in [3.8, 4) is 11.4 Å². The van der Waals surface area contributed by atoms with Gasteiger partial charge in [0.15, 0.2) is 0 Å². The lowest BCUT2D eigenvalue weighted by Crippen LogP contribution is -2.14. The van der Waals surface area contributed by atoms with Crippen molar-refractivity contribution in [2.24, 2.45) is 0 Å². The minimum absolute atomic E-state index is 0.244. The number of anilines is 1. The van der Waals surface area contributed by atoms with Gasteiger partial charge in [0.1, 0.15) is 0 Å². The van der Waals surface area contributed by atoms with Gasteiger partial charge in [-0.2, -0.15) is 0 Å². The van der Waals surface area contributed by atoms with Crippen molar-refractivity contribution in [2.75, 3.05) is 19.0 Å². The Balaban J connectivity index is 1.76. The smallest absolute Gasteiger partial charge is 0.268 e. The summed E-state index contributed by atoms with van der Waals surface area (Å²) in [5.74, 6) is 0. The molecule has 0 amide bonds. The van der Waals surface area contributed by atoms with Gasteiger partial charge in [0.25, 0.3) is 10.0 Å². The monoisotopic (exact) mass is 427 g/mol. The molecule has 6 heteroatoms. The molecule has 0 spiro atoms. The van der Waals surface area contributed by atoms with Crippen LogP contribution in [-0.2, 0) is 10.0 Å². The maximum atomic E-state index is 13.6. The Morgan fingerprint density at radius 2 is 1.52 bits per heavy atom. The van der Waals surface area contributed by atoms with Crippen molar-refractivity contribution in [2.45, 2.75) is 4.90 Å². The second-order valence-corrected chi connectivity index (χ2v) is 9.43. The van der Waals surface area contributed by atoms with Gasteiger partial charge in [-0.1, -0.05) is 42.5 Å². The lowest BCUT2D eigenvalue weighted by Gasteiger charge is -2.14. The summed E-state index contributed by atoms with van der Waals surface area (Å²) in [6, 6.07) is 27.8. The zero-order valence-corrected chi connectivity index (χ0v) is 18.0. The molecule has 0 atom stereocenters. The van der Waals surface area contributed by atoms with E-state index in [1.54, 1.807) is 30.3 Å². The number of hydrogen-bond acceptors (Lipinski definition) is 4. The van der Waals surface area contributed by atoms with Gasteiger partial charge in [0.05, 0.1) is 27.3 Å². The summed E-state index contributed by atoms with van der Waals surface area (Å²) < 4.78 is 28.6. The minimum atomic E-state index is -3.80. The summed E-state index contributed by atoms with van der Waals surface area (Å²) in [4.78, 5) is 7.09. The van der Waals surface area contributed by atoms with Gasteiger partial charge < -0.3 is 4.90 Å². The van der Waals surface area contributed by atoms with E-state index in [9.17, 15) is 8.42 Å². The van der Waals surface area contributed by atoms with E-state index in [2.05, 4.69) is 6.07 Å². The predicted octanol–water partition coefficient (Wildman–Crippen LogP) is 5.16. The third kappa shape index (κ3) is 3.25. The highest BCUT2D eigenvalue weighted by Crippen LogP contribution is 2.32. The number of fused-ring (bicyclic) bond motifs is 2. The van der Waals surface area contributed by atoms with E-state index in [1.165, 1.54) is 3.97 Å². The average Bonchev–Trinajstić information content (AvgIpc) is 3.19. The van der Waals surface area contributed by atoms with Crippen LogP contribution in [0.15, 0.2) is 95.9 Å². The number of benzene rings is 3. The molecule has 0 aliphatic rings. The molecule has 0 aliphatic carbocycles. The Morgan fingerprint density at radius 1 is 0.774 bits per heavy atom. The second kappa shape index (κ2) is 7.25. The summed E-state index contributed by atoms with van der Waals surface area (Å²) in [5.41, 5.74) is 3.69. The lowest BCUT2D eigenvalue weighted by atomic mass is 10.1. The number of aromatic nitrogens is 2. The molecular formula is C25H21N3O2S. The van der Waals surface area contributed by atoms with Crippen LogP contribution in [0.3, 0.4) is 0 Å². The first kappa shape index (κ1) is 19.3. The number of para-hydroxylation sites is 1. The molecule has 3 aromatic carbocycles. The van der Waals surface area contributed by atoms with Crippen LogP contribution < -0.4 is 4.90 Å². The molecule has 0 N–H and O–H groups in total. The molecule has 0 unspecified atom stereocenters. The van der Waals surface area contributed by atoms with Gasteiger partial charge in [-0.3, -0.25) is 0 Å². The fourth-order valence-corrected chi connectivity index (χ4v) is 5.34. The van der Waals surface area contributed by atoms with E-state index in [0.717, 1.165) is 22.0 Å². The van der Waals surface area contributed by atoms with Crippen LogP contribution in [0.5, 0.6) is 0 Å². The summed E-state index contributed by atoms with van der Waals surface area (Å²) in [6.07, 6.45) is 0. The second-order valence-electron chi connectivity index (χ2n) is 7.64. The molecule has 5 nitrogen and oxygen atoms in total. The lowest BCUT2D eigenvalue weighted by molar-refractivity contribution is 0.589. The molecule has 0 aliphatic heterocycles. The highest BCUT2D eigenvalue weighted by molar-refractivity contribution is 7.90. The van der Waals surface area contributed by atoms with E-state index in [-0.39, 0.29) is 4.90 Å². The van der Waals surface area contributed by atoms with Crippen molar-refractivity contribution < 1.29 is 8.42 Å². The molecular weight excluding hydrogens is 406 g/mol. The first-order valence-electron chi connectivity index (χ1n) is 9.95. The molecule has 0 saturated carbocycles. The fourth-order valence-electron chi connectivity index (χ4n) is 3.80. The molecule has 0 bridgehead atoms. The zero-order valence-electron chi connectivity index (χ0n) is 17.2. The largest absolute Gasteiger partial charge is 0.378 e. The van der Waals surface area contributed by atoms with Crippen LogP contribution >= 0.6 is 0 Å². The first-order valence-corrected chi connectivity index (χ1v) is 11.4. The molecule has 2 heterocycles. The Bertz CT molecular complexity index is 1520. The Labute approximate surface area is 181 Å². The van der Waals surface area contributed by atoms with Gasteiger partial charge in [-0.05, 0) is 48.5 Å². The van der Waals surface area contributed by atoms with Crippen molar-refractivity contribution >= 4 is 37.5 Å². The topological polar surface area (TPSA) is 55.2 Å². The predicted molar refractivity (Wildman–Crippen MR) is 126 cm³/mol. The molecule has 0 saturated heterocycles. The molecule has 5 aromatic rings. The van der Waals surface area contributed by atoms with E-state index in [1.807, 2.05) is 73.6 Å². The average molecular weight is 428 g/mol. The van der Waals surface area contributed by atoms with E-state index < -0.39 is 10.0 Å². The highest BCUT2D eigenvalue weighted by atomic mass is 32.2. The van der Waals surface area contributed by atoms with Gasteiger partial charge >= 0.3 is 0 Å². The fraction of sp³-hybridized carbons (Fsp3) is 0.0800. The standard InChI is InChI=1S/C25H21N3O2S/c1-27(2)20-13-15-22-18(16-20)12-14-23(26-22)25-17-19-8-6-7-11-24(19)28(25)31(29,30)21-9-4-3-5-10-21/h3-17H,1-2H3. The number of pyridine rings is 1. The molecule has 154 valence electrons. The normalized spacial score (nSPS) is 11.8. The van der Waals surface area contributed by atoms with E-state index in [0.29, 0.717) is 16.9 Å². The summed E-state index contributed by atoms with van der Waals surface area (Å²) in [5, 5.41) is 1.85. The number of rotatable bonds is 4. The van der Waals surface area contributed by atoms with Gasteiger partial charge in [-0.15, -0.1) is 0 Å². The maximum Gasteiger partial charge on any atom is 0.268 e. The summed E-state index contributed by atoms with van der Waals surface area (Å²) in [7, 11) is 0.189. The summed E-state index contributed by atoms with van der Waals surface area (Å²) >= 11 is 0. The maximum absolute atomic E-state index is 13.6. The third-order valence-corrected chi connectivity index (χ3v) is 7.14. The van der Waals surface area contributed by atoms with Crippen LogP contribution in [0.1, 0.15) is 0 Å². The molecule has 0 radical (unpaired) electrons. The van der Waals surface area contributed by atoms with Crippen molar-refractivity contribution in [3.05, 3.63) is 91.0 Å². The van der Waals surface area contributed by atoms with Gasteiger partial charge in [-0.25, -0.2) is 17.4 Å². The van der Waals surface area contributed by atoms with Crippen LogP contribution in [0.25, 0.3) is 33.2 Å². The van der Waals surface area contributed by atoms with Crippen LogP contribution in [0.4, 0.5) is 5.69 Å². The SMILES string of the molecule is CN(C)c1ccc2nc(-c3cc4ccccc4n3S(=O)(=O)c3ccccc3)ccc2c1. The van der Waals surface area contributed by atoms with Crippen LogP contribution in [-0.4, -0.2) is 31.5 Å². The summed E-state index contributed by atoms with van der Waals surface area (Å²) in [6.45, 7) is 0. The Morgan fingerprint density at radius 3 is 2.29 bits per heavy atom. The van der Waals surface area contributed by atoms with E-state index >= 15 is 0 Å². The van der Waals surface area contributed by atoms with Crippen molar-refractivity contribution in [3.63, 3.8) is 0 Å². The van der Waals surface area contributed by atoms with Gasteiger partial charge in [0, 0.05) is 30.6 Å². The Kier molecular flexibility index (Phi) is 4.52. The molecule has 0 fully saturated rings.